The highest BCUT2D eigenvalue weighted by Crippen LogP contribution is 2.31. The van der Waals surface area contributed by atoms with Crippen LogP contribution in [-0.4, -0.2) is 33.2 Å². The van der Waals surface area contributed by atoms with Crippen molar-refractivity contribution in [2.24, 2.45) is 0 Å². The van der Waals surface area contributed by atoms with Crippen molar-refractivity contribution in [1.29, 1.82) is 0 Å². The Kier molecular flexibility index (Phi) is 5.92. The highest BCUT2D eigenvalue weighted by atomic mass is 19.1. The molecule has 3 aromatic rings. The molecule has 1 aliphatic rings. The first-order chi connectivity index (χ1) is 13.8. The largest absolute Gasteiger partial charge is 0.493 e. The number of hydrogen-bond acceptors (Lipinski definition) is 6. The van der Waals surface area contributed by atoms with Crippen LogP contribution in [-0.2, 0) is 13.0 Å². The highest BCUT2D eigenvalue weighted by molar-refractivity contribution is 5.22. The number of halogens is 1. The fourth-order valence-electron chi connectivity index (χ4n) is 3.45. The first-order valence-electron chi connectivity index (χ1n) is 9.63. The van der Waals surface area contributed by atoms with E-state index in [1.807, 2.05) is 24.4 Å². The van der Waals surface area contributed by atoms with Crippen molar-refractivity contribution < 1.29 is 13.7 Å². The normalized spacial score (nSPS) is 17.5. The fraction of sp³-hybridized carbons (Fsp3) is 0.381. The summed E-state index contributed by atoms with van der Waals surface area (Å²) in [7, 11) is 0. The maximum atomic E-state index is 12.9. The van der Waals surface area contributed by atoms with E-state index < -0.39 is 0 Å². The van der Waals surface area contributed by atoms with Crippen molar-refractivity contribution in [1.82, 2.24) is 20.0 Å². The monoisotopic (exact) mass is 382 g/mol. The van der Waals surface area contributed by atoms with E-state index in [1.54, 1.807) is 12.1 Å². The summed E-state index contributed by atoms with van der Waals surface area (Å²) in [4.78, 5) is 11.4. The summed E-state index contributed by atoms with van der Waals surface area (Å²) in [5, 5.41) is 4.11. The second-order valence-corrected chi connectivity index (χ2v) is 6.90. The SMILES string of the molecule is Fc1ccc(OCCc2noc(C3CCCCN3Cc3ccccn3)n2)cc1. The Hall–Kier alpha value is -2.80. The van der Waals surface area contributed by atoms with Gasteiger partial charge in [0.15, 0.2) is 5.82 Å². The number of ether oxygens (including phenoxy) is 1. The van der Waals surface area contributed by atoms with E-state index in [0.717, 1.165) is 38.0 Å². The Morgan fingerprint density at radius 1 is 1.14 bits per heavy atom. The fourth-order valence-corrected chi connectivity index (χ4v) is 3.45. The van der Waals surface area contributed by atoms with Gasteiger partial charge in [0.05, 0.1) is 18.3 Å². The molecule has 7 heteroatoms. The molecule has 1 saturated heterocycles. The number of nitrogens with zero attached hydrogens (tertiary/aromatic N) is 4. The molecule has 0 bridgehead atoms. The van der Waals surface area contributed by atoms with Crippen LogP contribution in [0, 0.1) is 5.82 Å². The zero-order valence-electron chi connectivity index (χ0n) is 15.6. The van der Waals surface area contributed by atoms with Gasteiger partial charge in [-0.1, -0.05) is 17.6 Å². The molecule has 0 saturated carbocycles. The van der Waals surface area contributed by atoms with Crippen LogP contribution >= 0.6 is 0 Å². The highest BCUT2D eigenvalue weighted by Gasteiger charge is 2.29. The van der Waals surface area contributed by atoms with E-state index in [4.69, 9.17) is 9.26 Å². The lowest BCUT2D eigenvalue weighted by atomic mass is 10.0. The van der Waals surface area contributed by atoms with Crippen molar-refractivity contribution in [3.63, 3.8) is 0 Å². The van der Waals surface area contributed by atoms with Gasteiger partial charge in [-0.3, -0.25) is 9.88 Å². The molecule has 0 radical (unpaired) electrons. The summed E-state index contributed by atoms with van der Waals surface area (Å²) in [6.07, 6.45) is 5.67. The molecular formula is C21H23FN4O2. The zero-order valence-corrected chi connectivity index (χ0v) is 15.6. The summed E-state index contributed by atoms with van der Waals surface area (Å²) >= 11 is 0. The molecule has 1 unspecified atom stereocenters. The number of hydrogen-bond donors (Lipinski definition) is 0. The molecule has 2 aromatic heterocycles. The summed E-state index contributed by atoms with van der Waals surface area (Å²) < 4.78 is 24.1. The predicted molar refractivity (Wildman–Crippen MR) is 101 cm³/mol. The van der Waals surface area contributed by atoms with Crippen LogP contribution in [0.25, 0.3) is 0 Å². The Labute approximate surface area is 163 Å². The molecule has 0 aliphatic carbocycles. The molecule has 0 spiro atoms. The van der Waals surface area contributed by atoms with Crippen LogP contribution in [0.2, 0.25) is 0 Å². The molecule has 4 rings (SSSR count). The van der Waals surface area contributed by atoms with E-state index in [1.165, 1.54) is 12.1 Å². The van der Waals surface area contributed by atoms with Gasteiger partial charge < -0.3 is 9.26 Å². The van der Waals surface area contributed by atoms with Crippen molar-refractivity contribution in [3.8, 4) is 5.75 Å². The smallest absolute Gasteiger partial charge is 0.244 e. The van der Waals surface area contributed by atoms with Gasteiger partial charge in [-0.05, 0) is 55.8 Å². The van der Waals surface area contributed by atoms with Gasteiger partial charge in [0.25, 0.3) is 0 Å². The standard InChI is InChI=1S/C21H23FN4O2/c22-16-7-9-18(10-8-16)27-14-11-20-24-21(28-25-20)19-6-2-4-13-26(19)15-17-5-1-3-12-23-17/h1,3,5,7-10,12,19H,2,4,6,11,13-15H2. The van der Waals surface area contributed by atoms with Gasteiger partial charge in [0.1, 0.15) is 11.6 Å². The molecule has 1 fully saturated rings. The Balaban J connectivity index is 1.35. The zero-order chi connectivity index (χ0) is 19.2. The third-order valence-corrected chi connectivity index (χ3v) is 4.88. The van der Waals surface area contributed by atoms with Crippen LogP contribution in [0.1, 0.15) is 42.7 Å². The lowest BCUT2D eigenvalue weighted by Gasteiger charge is -2.32. The summed E-state index contributed by atoms with van der Waals surface area (Å²) in [5.74, 6) is 1.63. The van der Waals surface area contributed by atoms with Gasteiger partial charge in [0.2, 0.25) is 5.89 Å². The van der Waals surface area contributed by atoms with Gasteiger partial charge in [-0.15, -0.1) is 0 Å². The molecule has 0 N–H and O–H groups in total. The molecule has 0 amide bonds. The average Bonchev–Trinajstić information content (AvgIpc) is 3.19. The van der Waals surface area contributed by atoms with E-state index >= 15 is 0 Å². The first-order valence-corrected chi connectivity index (χ1v) is 9.63. The maximum absolute atomic E-state index is 12.9. The second-order valence-electron chi connectivity index (χ2n) is 6.90. The minimum atomic E-state index is -0.280. The van der Waals surface area contributed by atoms with E-state index in [-0.39, 0.29) is 11.9 Å². The van der Waals surface area contributed by atoms with Crippen LogP contribution in [0.3, 0.4) is 0 Å². The van der Waals surface area contributed by atoms with Gasteiger partial charge in [-0.2, -0.15) is 4.98 Å². The number of likely N-dealkylation sites (tertiary alicyclic amines) is 1. The molecule has 3 heterocycles. The first kappa shape index (κ1) is 18.6. The molecule has 28 heavy (non-hydrogen) atoms. The van der Waals surface area contributed by atoms with Crippen molar-refractivity contribution >= 4 is 0 Å². The van der Waals surface area contributed by atoms with Gasteiger partial charge >= 0.3 is 0 Å². The molecule has 6 nitrogen and oxygen atoms in total. The summed E-state index contributed by atoms with van der Waals surface area (Å²) in [6, 6.07) is 12.1. The van der Waals surface area contributed by atoms with Crippen LogP contribution < -0.4 is 4.74 Å². The van der Waals surface area contributed by atoms with E-state index in [2.05, 4.69) is 20.0 Å². The number of pyridine rings is 1. The molecule has 1 aromatic carbocycles. The van der Waals surface area contributed by atoms with Gasteiger partial charge in [0, 0.05) is 19.2 Å². The number of aromatic nitrogens is 3. The van der Waals surface area contributed by atoms with E-state index in [9.17, 15) is 4.39 Å². The maximum Gasteiger partial charge on any atom is 0.244 e. The van der Waals surface area contributed by atoms with Crippen LogP contribution in [0.15, 0.2) is 53.2 Å². The average molecular weight is 382 g/mol. The summed E-state index contributed by atoms with van der Waals surface area (Å²) in [6.45, 7) is 2.18. The Bertz CT molecular complexity index is 870. The minimum absolute atomic E-state index is 0.120. The van der Waals surface area contributed by atoms with Crippen molar-refractivity contribution in [2.75, 3.05) is 13.2 Å². The van der Waals surface area contributed by atoms with E-state index in [0.29, 0.717) is 30.5 Å². The molecule has 146 valence electrons. The Morgan fingerprint density at radius 2 is 2.04 bits per heavy atom. The number of benzene rings is 1. The third kappa shape index (κ3) is 4.72. The lowest BCUT2D eigenvalue weighted by Crippen LogP contribution is -2.33. The molecular weight excluding hydrogens is 359 g/mol. The Morgan fingerprint density at radius 3 is 2.86 bits per heavy atom. The number of piperidine rings is 1. The quantitative estimate of drug-likeness (QED) is 0.616. The predicted octanol–water partition coefficient (Wildman–Crippen LogP) is 3.95. The minimum Gasteiger partial charge on any atom is -0.493 e. The van der Waals surface area contributed by atoms with Crippen LogP contribution in [0.5, 0.6) is 5.75 Å². The van der Waals surface area contributed by atoms with Gasteiger partial charge in [-0.25, -0.2) is 4.39 Å². The molecule has 1 atom stereocenters. The summed E-state index contributed by atoms with van der Waals surface area (Å²) in [5.41, 5.74) is 1.04. The third-order valence-electron chi connectivity index (χ3n) is 4.88. The number of rotatable bonds is 7. The topological polar surface area (TPSA) is 64.3 Å². The van der Waals surface area contributed by atoms with Crippen molar-refractivity contribution in [3.05, 3.63) is 71.9 Å². The molecule has 1 aliphatic heterocycles. The lowest BCUT2D eigenvalue weighted by molar-refractivity contribution is 0.110. The second kappa shape index (κ2) is 8.93. The van der Waals surface area contributed by atoms with Crippen molar-refractivity contribution in [2.45, 2.75) is 38.3 Å². The van der Waals surface area contributed by atoms with Crippen LogP contribution in [0.4, 0.5) is 4.39 Å².